The molecule has 27 heavy (non-hydrogen) atoms. The van der Waals surface area contributed by atoms with Gasteiger partial charge in [-0.2, -0.15) is 0 Å². The molecule has 0 aliphatic rings. The summed E-state index contributed by atoms with van der Waals surface area (Å²) < 4.78 is 0. The molecule has 3 aromatic carbocycles. The van der Waals surface area contributed by atoms with Gasteiger partial charge in [0, 0.05) is 19.8 Å². The van der Waals surface area contributed by atoms with Gasteiger partial charge in [0.2, 0.25) is 0 Å². The van der Waals surface area contributed by atoms with E-state index in [9.17, 15) is 5.11 Å². The van der Waals surface area contributed by atoms with Crippen LogP contribution in [0.5, 0.6) is 0 Å². The van der Waals surface area contributed by atoms with Gasteiger partial charge in [0.15, 0.2) is 0 Å². The fourth-order valence-corrected chi connectivity index (χ4v) is 3.40. The first-order valence-electron chi connectivity index (χ1n) is 9.39. The van der Waals surface area contributed by atoms with Crippen molar-refractivity contribution < 1.29 is 15.3 Å². The van der Waals surface area contributed by atoms with Gasteiger partial charge in [-0.05, 0) is 58.2 Å². The molecule has 0 aliphatic heterocycles. The summed E-state index contributed by atoms with van der Waals surface area (Å²) >= 11 is 0. The topological polar surface area (TPSA) is 60.7 Å². The molecule has 3 nitrogen and oxygen atoms in total. The van der Waals surface area contributed by atoms with Crippen molar-refractivity contribution in [2.24, 2.45) is 0 Å². The zero-order valence-corrected chi connectivity index (χ0v) is 15.4. The highest BCUT2D eigenvalue weighted by molar-refractivity contribution is 5.74. The second-order valence-electron chi connectivity index (χ2n) is 6.69. The average Bonchev–Trinajstić information content (AvgIpc) is 2.70. The Bertz CT molecular complexity index is 869. The van der Waals surface area contributed by atoms with Crippen LogP contribution < -0.4 is 0 Å². The van der Waals surface area contributed by atoms with Crippen LogP contribution >= 0.6 is 0 Å². The maximum Gasteiger partial charge on any atom is 0.0471 e. The lowest BCUT2D eigenvalue weighted by Gasteiger charge is -2.13. The lowest BCUT2D eigenvalue weighted by molar-refractivity contribution is 0.299. The first kappa shape index (κ1) is 19.3. The summed E-state index contributed by atoms with van der Waals surface area (Å²) in [6.07, 6.45) is 1.90. The number of aliphatic hydroxyl groups is 3. The SMILES string of the molecule is OCCc1ccc(-c2ccc(-c3cccc(CCO)c3)cc2CCO)cc1. The van der Waals surface area contributed by atoms with E-state index in [2.05, 4.69) is 42.5 Å². The first-order chi connectivity index (χ1) is 13.2. The minimum Gasteiger partial charge on any atom is -0.396 e. The third-order valence-corrected chi connectivity index (χ3v) is 4.81. The minimum absolute atomic E-state index is 0.101. The van der Waals surface area contributed by atoms with Crippen molar-refractivity contribution in [1.82, 2.24) is 0 Å². The fraction of sp³-hybridized carbons (Fsp3) is 0.250. The summed E-state index contributed by atoms with van der Waals surface area (Å²) in [7, 11) is 0. The molecule has 0 amide bonds. The van der Waals surface area contributed by atoms with Crippen LogP contribution in [0.3, 0.4) is 0 Å². The molecule has 0 atom stereocenters. The van der Waals surface area contributed by atoms with Crippen molar-refractivity contribution in [3.05, 3.63) is 83.4 Å². The quantitative estimate of drug-likeness (QED) is 0.573. The standard InChI is InChI=1S/C24H26O3/c25-13-10-18-4-6-20(7-5-18)24-9-8-22(17-23(24)12-15-27)21-3-1-2-19(16-21)11-14-26/h1-9,16-17,25-27H,10-15H2. The monoisotopic (exact) mass is 362 g/mol. The molecule has 3 N–H and O–H groups in total. The molecule has 140 valence electrons. The lowest BCUT2D eigenvalue weighted by Crippen LogP contribution is -1.97. The summed E-state index contributed by atoms with van der Waals surface area (Å²) in [5.74, 6) is 0. The predicted octanol–water partition coefficient (Wildman–Crippen LogP) is 3.63. The number of benzene rings is 3. The summed E-state index contributed by atoms with van der Waals surface area (Å²) in [5.41, 5.74) is 7.79. The van der Waals surface area contributed by atoms with E-state index in [1.165, 1.54) is 0 Å². The summed E-state index contributed by atoms with van der Waals surface area (Å²) in [5, 5.41) is 27.8. The molecule has 3 heteroatoms. The van der Waals surface area contributed by atoms with E-state index in [-0.39, 0.29) is 19.8 Å². The molecule has 0 radical (unpaired) electrons. The van der Waals surface area contributed by atoms with Crippen LogP contribution in [-0.2, 0) is 19.3 Å². The molecule has 0 saturated heterocycles. The van der Waals surface area contributed by atoms with Crippen LogP contribution in [-0.4, -0.2) is 35.1 Å². The van der Waals surface area contributed by atoms with Gasteiger partial charge < -0.3 is 15.3 Å². The van der Waals surface area contributed by atoms with Gasteiger partial charge in [0.1, 0.15) is 0 Å². The van der Waals surface area contributed by atoms with Gasteiger partial charge in [-0.15, -0.1) is 0 Å². The Kier molecular flexibility index (Phi) is 6.77. The molecule has 3 rings (SSSR count). The van der Waals surface area contributed by atoms with Gasteiger partial charge in [-0.25, -0.2) is 0 Å². The van der Waals surface area contributed by atoms with E-state index in [1.54, 1.807) is 0 Å². The van der Waals surface area contributed by atoms with E-state index in [0.29, 0.717) is 19.3 Å². The van der Waals surface area contributed by atoms with Crippen LogP contribution in [0.1, 0.15) is 16.7 Å². The van der Waals surface area contributed by atoms with Gasteiger partial charge in [0.05, 0.1) is 0 Å². The Morgan fingerprint density at radius 2 is 1.15 bits per heavy atom. The Morgan fingerprint density at radius 1 is 0.519 bits per heavy atom. The smallest absolute Gasteiger partial charge is 0.0471 e. The number of aliphatic hydroxyl groups excluding tert-OH is 3. The van der Waals surface area contributed by atoms with Crippen molar-refractivity contribution in [2.45, 2.75) is 19.3 Å². The maximum absolute atomic E-state index is 9.53. The highest BCUT2D eigenvalue weighted by Gasteiger charge is 2.08. The summed E-state index contributed by atoms with van der Waals surface area (Å²) in [4.78, 5) is 0. The van der Waals surface area contributed by atoms with Crippen molar-refractivity contribution in [3.63, 3.8) is 0 Å². The molecule has 0 spiro atoms. The van der Waals surface area contributed by atoms with E-state index in [0.717, 1.165) is 38.9 Å². The molecule has 0 heterocycles. The van der Waals surface area contributed by atoms with Gasteiger partial charge in [-0.1, -0.05) is 66.7 Å². The largest absolute Gasteiger partial charge is 0.396 e. The second-order valence-corrected chi connectivity index (χ2v) is 6.69. The summed E-state index contributed by atoms with van der Waals surface area (Å²) in [6.45, 7) is 0.396. The van der Waals surface area contributed by atoms with Gasteiger partial charge in [-0.3, -0.25) is 0 Å². The molecular weight excluding hydrogens is 336 g/mol. The van der Waals surface area contributed by atoms with E-state index >= 15 is 0 Å². The van der Waals surface area contributed by atoms with Gasteiger partial charge >= 0.3 is 0 Å². The van der Waals surface area contributed by atoms with Crippen LogP contribution in [0.15, 0.2) is 66.7 Å². The van der Waals surface area contributed by atoms with Crippen LogP contribution in [0.2, 0.25) is 0 Å². The Hall–Kier alpha value is -2.46. The Balaban J connectivity index is 1.96. The van der Waals surface area contributed by atoms with E-state index in [1.807, 2.05) is 24.3 Å². The van der Waals surface area contributed by atoms with E-state index in [4.69, 9.17) is 10.2 Å². The van der Waals surface area contributed by atoms with Crippen LogP contribution in [0.4, 0.5) is 0 Å². The van der Waals surface area contributed by atoms with Crippen molar-refractivity contribution in [1.29, 1.82) is 0 Å². The highest BCUT2D eigenvalue weighted by atomic mass is 16.3. The zero-order valence-electron chi connectivity index (χ0n) is 15.4. The first-order valence-corrected chi connectivity index (χ1v) is 9.39. The van der Waals surface area contributed by atoms with Crippen molar-refractivity contribution >= 4 is 0 Å². The number of hydrogen-bond donors (Lipinski definition) is 3. The normalized spacial score (nSPS) is 10.9. The third-order valence-electron chi connectivity index (χ3n) is 4.81. The average molecular weight is 362 g/mol. The Morgan fingerprint density at radius 3 is 1.85 bits per heavy atom. The fourth-order valence-electron chi connectivity index (χ4n) is 3.40. The number of hydrogen-bond acceptors (Lipinski definition) is 3. The Labute approximate surface area is 160 Å². The lowest BCUT2D eigenvalue weighted by atomic mass is 9.92. The van der Waals surface area contributed by atoms with Gasteiger partial charge in [0.25, 0.3) is 0 Å². The molecular formula is C24H26O3. The van der Waals surface area contributed by atoms with Crippen molar-refractivity contribution in [3.8, 4) is 22.3 Å². The second kappa shape index (κ2) is 9.47. The van der Waals surface area contributed by atoms with Crippen LogP contribution in [0.25, 0.3) is 22.3 Å². The van der Waals surface area contributed by atoms with Crippen LogP contribution in [0, 0.1) is 0 Å². The molecule has 0 aromatic heterocycles. The van der Waals surface area contributed by atoms with E-state index < -0.39 is 0 Å². The third kappa shape index (κ3) is 4.83. The molecule has 0 saturated carbocycles. The predicted molar refractivity (Wildman–Crippen MR) is 110 cm³/mol. The highest BCUT2D eigenvalue weighted by Crippen LogP contribution is 2.30. The molecule has 0 fully saturated rings. The molecule has 0 aliphatic carbocycles. The summed E-state index contributed by atoms with van der Waals surface area (Å²) in [6, 6.07) is 22.8. The van der Waals surface area contributed by atoms with Crippen molar-refractivity contribution in [2.75, 3.05) is 19.8 Å². The molecule has 0 bridgehead atoms. The minimum atomic E-state index is 0.101. The number of rotatable bonds is 8. The zero-order chi connectivity index (χ0) is 19.1. The molecule has 3 aromatic rings. The maximum atomic E-state index is 9.53. The molecule has 0 unspecified atom stereocenters.